The van der Waals surface area contributed by atoms with Crippen molar-refractivity contribution < 1.29 is 18.7 Å². The molecular formula is C17H16ClFN2O5. The zero-order valence-electron chi connectivity index (χ0n) is 14.3. The maximum Gasteiger partial charge on any atom is 0.339 e. The summed E-state index contributed by atoms with van der Waals surface area (Å²) in [4.78, 5) is 37.4. The number of esters is 1. The third-order valence-corrected chi connectivity index (χ3v) is 4.25. The molecule has 1 aromatic heterocycles. The quantitative estimate of drug-likeness (QED) is 0.757. The molecular weight excluding hydrogens is 367 g/mol. The summed E-state index contributed by atoms with van der Waals surface area (Å²) < 4.78 is 26.7. The van der Waals surface area contributed by atoms with Crippen molar-refractivity contribution in [1.82, 2.24) is 9.13 Å². The zero-order chi connectivity index (χ0) is 19.2. The Kier molecular flexibility index (Phi) is 4.62. The van der Waals surface area contributed by atoms with Crippen LogP contribution in [-0.2, 0) is 18.2 Å². The highest BCUT2D eigenvalue weighted by Crippen LogP contribution is 2.25. The van der Waals surface area contributed by atoms with E-state index in [4.69, 9.17) is 21.1 Å². The monoisotopic (exact) mass is 382 g/mol. The first-order valence-electron chi connectivity index (χ1n) is 7.90. The van der Waals surface area contributed by atoms with E-state index in [9.17, 15) is 18.8 Å². The lowest BCUT2D eigenvalue weighted by Gasteiger charge is -2.14. The van der Waals surface area contributed by atoms with E-state index in [-0.39, 0.29) is 34.3 Å². The van der Waals surface area contributed by atoms with Crippen LogP contribution in [0.4, 0.5) is 4.39 Å². The van der Waals surface area contributed by atoms with Crippen LogP contribution >= 0.6 is 11.6 Å². The smallest absolute Gasteiger partial charge is 0.339 e. The Balaban J connectivity index is 2.26. The number of nitrogens with zero attached hydrogens (tertiary/aromatic N) is 2. The highest BCUT2D eigenvalue weighted by molar-refractivity contribution is 6.33. The van der Waals surface area contributed by atoms with Crippen LogP contribution in [0, 0.1) is 5.82 Å². The zero-order valence-corrected chi connectivity index (χ0v) is 15.1. The second kappa shape index (κ2) is 6.60. The Labute approximate surface area is 152 Å². The molecule has 0 amide bonds. The van der Waals surface area contributed by atoms with Gasteiger partial charge in [-0.15, -0.1) is 0 Å². The van der Waals surface area contributed by atoms with Gasteiger partial charge in [0.2, 0.25) is 5.88 Å². The van der Waals surface area contributed by atoms with Crippen molar-refractivity contribution in [2.75, 3.05) is 6.61 Å². The minimum atomic E-state index is -0.908. The van der Waals surface area contributed by atoms with Gasteiger partial charge in [0.25, 0.3) is 5.56 Å². The highest BCUT2D eigenvalue weighted by Gasteiger charge is 2.26. The third kappa shape index (κ3) is 2.90. The van der Waals surface area contributed by atoms with Gasteiger partial charge < -0.3 is 9.47 Å². The second-order valence-electron chi connectivity index (χ2n) is 6.10. The number of rotatable bonds is 3. The van der Waals surface area contributed by atoms with Gasteiger partial charge in [0.05, 0.1) is 34.5 Å². The average molecular weight is 383 g/mol. The van der Waals surface area contributed by atoms with Crippen LogP contribution in [-0.4, -0.2) is 27.8 Å². The lowest BCUT2D eigenvalue weighted by molar-refractivity contribution is 0.0378. The van der Waals surface area contributed by atoms with Gasteiger partial charge in [-0.3, -0.25) is 9.36 Å². The molecule has 2 heterocycles. The molecule has 0 fully saturated rings. The van der Waals surface area contributed by atoms with Crippen molar-refractivity contribution >= 4 is 17.6 Å². The number of hydrogen-bond donors (Lipinski definition) is 0. The topological polar surface area (TPSA) is 79.5 Å². The Morgan fingerprint density at radius 2 is 2.04 bits per heavy atom. The lowest BCUT2D eigenvalue weighted by atomic mass is 10.1. The van der Waals surface area contributed by atoms with E-state index in [2.05, 4.69) is 0 Å². The minimum Gasteiger partial charge on any atom is -0.478 e. The van der Waals surface area contributed by atoms with Crippen LogP contribution in [0.5, 0.6) is 5.88 Å². The summed E-state index contributed by atoms with van der Waals surface area (Å²) in [5.41, 5.74) is -1.72. The summed E-state index contributed by atoms with van der Waals surface area (Å²) in [6.45, 7) is 3.56. The summed E-state index contributed by atoms with van der Waals surface area (Å²) in [5, 5.41) is -0.175. The predicted octanol–water partition coefficient (Wildman–Crippen LogP) is 1.83. The first-order chi connectivity index (χ1) is 12.2. The Morgan fingerprint density at radius 3 is 2.69 bits per heavy atom. The molecule has 0 atom stereocenters. The van der Waals surface area contributed by atoms with Gasteiger partial charge in [-0.1, -0.05) is 11.6 Å². The van der Waals surface area contributed by atoms with E-state index >= 15 is 0 Å². The van der Waals surface area contributed by atoms with Crippen LogP contribution in [0.15, 0.2) is 21.7 Å². The van der Waals surface area contributed by atoms with Gasteiger partial charge in [-0.05, 0) is 26.0 Å². The molecule has 0 aliphatic carbocycles. The summed E-state index contributed by atoms with van der Waals surface area (Å²) in [6, 6.07) is 1.93. The van der Waals surface area contributed by atoms with Crippen LogP contribution in [0.3, 0.4) is 0 Å². The molecule has 1 aliphatic heterocycles. The fourth-order valence-electron chi connectivity index (χ4n) is 2.76. The number of fused-ring (bicyclic) bond motifs is 1. The van der Waals surface area contributed by atoms with Crippen LogP contribution in [0.2, 0.25) is 5.02 Å². The number of halogens is 2. The molecule has 2 aromatic rings. The molecule has 9 heteroatoms. The molecule has 0 spiro atoms. The fraction of sp³-hybridized carbons (Fsp3) is 0.353. The van der Waals surface area contributed by atoms with Gasteiger partial charge in [0.15, 0.2) is 0 Å². The Morgan fingerprint density at radius 1 is 1.35 bits per heavy atom. The molecule has 26 heavy (non-hydrogen) atoms. The van der Waals surface area contributed by atoms with Crippen molar-refractivity contribution in [2.24, 2.45) is 7.05 Å². The molecule has 0 unspecified atom stereocenters. The summed E-state index contributed by atoms with van der Waals surface area (Å²) in [6.07, 6.45) is -0.112. The predicted molar refractivity (Wildman–Crippen MR) is 92.0 cm³/mol. The molecule has 7 nitrogen and oxygen atoms in total. The maximum absolute atomic E-state index is 14.5. The molecule has 1 aliphatic rings. The molecule has 0 saturated heterocycles. The molecule has 0 radical (unpaired) electrons. The largest absolute Gasteiger partial charge is 0.478 e. The van der Waals surface area contributed by atoms with Gasteiger partial charge >= 0.3 is 11.7 Å². The second-order valence-corrected chi connectivity index (χ2v) is 6.51. The number of carbonyl (C=O) groups is 1. The molecule has 0 N–H and O–H groups in total. The van der Waals surface area contributed by atoms with Crippen molar-refractivity contribution in [2.45, 2.75) is 26.4 Å². The van der Waals surface area contributed by atoms with Gasteiger partial charge in [0, 0.05) is 13.5 Å². The Bertz CT molecular complexity index is 1030. The van der Waals surface area contributed by atoms with Gasteiger partial charge in [0.1, 0.15) is 5.82 Å². The molecule has 0 saturated carbocycles. The van der Waals surface area contributed by atoms with Crippen molar-refractivity contribution in [3.05, 3.63) is 54.9 Å². The normalized spacial score (nSPS) is 12.8. The number of benzene rings is 1. The van der Waals surface area contributed by atoms with E-state index < -0.39 is 29.1 Å². The molecule has 138 valence electrons. The van der Waals surface area contributed by atoms with Crippen molar-refractivity contribution in [3.8, 4) is 11.6 Å². The number of hydrogen-bond acceptors (Lipinski definition) is 5. The number of aromatic nitrogens is 2. The summed E-state index contributed by atoms with van der Waals surface area (Å²) >= 11 is 5.94. The van der Waals surface area contributed by atoms with E-state index in [1.165, 1.54) is 7.05 Å². The maximum atomic E-state index is 14.5. The Hall–Kier alpha value is -2.61. The van der Waals surface area contributed by atoms with Gasteiger partial charge in [-0.25, -0.2) is 18.5 Å². The number of ether oxygens (including phenoxy) is 2. The summed E-state index contributed by atoms with van der Waals surface area (Å²) in [7, 11) is 1.42. The number of carbonyl (C=O) groups excluding carboxylic acids is 1. The summed E-state index contributed by atoms with van der Waals surface area (Å²) in [5.74, 6) is -1.51. The average Bonchev–Trinajstić information content (AvgIpc) is 3.04. The third-order valence-electron chi connectivity index (χ3n) is 3.93. The highest BCUT2D eigenvalue weighted by atomic mass is 35.5. The van der Waals surface area contributed by atoms with E-state index in [1.807, 2.05) is 0 Å². The van der Waals surface area contributed by atoms with Crippen molar-refractivity contribution in [3.63, 3.8) is 0 Å². The minimum absolute atomic E-state index is 0.137. The van der Waals surface area contributed by atoms with Gasteiger partial charge in [-0.2, -0.15) is 0 Å². The van der Waals surface area contributed by atoms with Crippen LogP contribution in [0.25, 0.3) is 5.69 Å². The van der Waals surface area contributed by atoms with E-state index in [0.29, 0.717) is 11.0 Å². The fourth-order valence-corrected chi connectivity index (χ4v) is 2.98. The molecule has 3 rings (SSSR count). The van der Waals surface area contributed by atoms with Crippen LogP contribution < -0.4 is 16.0 Å². The van der Waals surface area contributed by atoms with E-state index in [1.54, 1.807) is 13.8 Å². The van der Waals surface area contributed by atoms with E-state index in [0.717, 1.165) is 16.7 Å². The molecule has 1 aromatic carbocycles. The lowest BCUT2D eigenvalue weighted by Crippen LogP contribution is -2.39. The SMILES string of the molecule is CC(C)OC(=O)c1cc(-n2c(=O)c3c(n(C)c2=O)OCC3)c(F)cc1Cl. The first kappa shape index (κ1) is 18.2. The molecule has 0 bridgehead atoms. The standard InChI is InChI=1S/C17H16ClFN2O5/c1-8(2)26-16(23)10-6-13(12(19)7-11(10)18)21-14(22)9-4-5-25-15(9)20(3)17(21)24/h6-8H,4-5H2,1-3H3. The van der Waals surface area contributed by atoms with Crippen LogP contribution in [0.1, 0.15) is 29.8 Å². The van der Waals surface area contributed by atoms with Crippen molar-refractivity contribution in [1.29, 1.82) is 0 Å². The first-order valence-corrected chi connectivity index (χ1v) is 8.28.